The number of hydrogen-bond donors (Lipinski definition) is 1. The van der Waals surface area contributed by atoms with Gasteiger partial charge in [0.1, 0.15) is 5.75 Å². The molecule has 0 spiro atoms. The van der Waals surface area contributed by atoms with Crippen molar-refractivity contribution in [1.29, 1.82) is 0 Å². The van der Waals surface area contributed by atoms with Crippen LogP contribution in [0.1, 0.15) is 31.2 Å². The normalized spacial score (nSPS) is 10.8. The van der Waals surface area contributed by atoms with Gasteiger partial charge in [0.05, 0.1) is 6.54 Å². The van der Waals surface area contributed by atoms with Crippen LogP contribution in [0, 0.1) is 0 Å². The summed E-state index contributed by atoms with van der Waals surface area (Å²) < 4.78 is 10.8. The Morgan fingerprint density at radius 1 is 1.19 bits per heavy atom. The highest BCUT2D eigenvalue weighted by atomic mass is 35.5. The fraction of sp³-hybridized carbons (Fsp3) is 0.250. The topological polar surface area (TPSA) is 77.2 Å². The highest BCUT2D eigenvalue weighted by Crippen LogP contribution is 2.25. The average Bonchev–Trinajstić information content (AvgIpc) is 3.14. The molecule has 0 aliphatic rings. The maximum absolute atomic E-state index is 12.0. The van der Waals surface area contributed by atoms with Crippen LogP contribution in [0.25, 0.3) is 11.4 Å². The van der Waals surface area contributed by atoms with Crippen molar-refractivity contribution in [3.63, 3.8) is 0 Å². The molecule has 1 N–H and O–H groups in total. The zero-order chi connectivity index (χ0) is 19.2. The van der Waals surface area contributed by atoms with E-state index in [9.17, 15) is 4.79 Å². The highest BCUT2D eigenvalue weighted by molar-refractivity contribution is 6.30. The summed E-state index contributed by atoms with van der Waals surface area (Å²) in [6.45, 7) is 4.21. The van der Waals surface area contributed by atoms with Crippen molar-refractivity contribution in [2.24, 2.45) is 0 Å². The van der Waals surface area contributed by atoms with Gasteiger partial charge in [-0.2, -0.15) is 4.98 Å². The summed E-state index contributed by atoms with van der Waals surface area (Å²) in [7, 11) is 0. The molecule has 6 nitrogen and oxygen atoms in total. The van der Waals surface area contributed by atoms with E-state index in [0.29, 0.717) is 28.4 Å². The van der Waals surface area contributed by atoms with Crippen LogP contribution in [0.3, 0.4) is 0 Å². The smallest absolute Gasteiger partial charge is 0.258 e. The first-order valence-corrected chi connectivity index (χ1v) is 8.97. The zero-order valence-electron chi connectivity index (χ0n) is 15.1. The second-order valence-electron chi connectivity index (χ2n) is 6.28. The molecule has 2 aromatic carbocycles. The number of nitrogens with one attached hydrogen (secondary N) is 1. The number of benzene rings is 2. The zero-order valence-corrected chi connectivity index (χ0v) is 15.9. The minimum atomic E-state index is -0.264. The summed E-state index contributed by atoms with van der Waals surface area (Å²) in [6.07, 6.45) is 0. The van der Waals surface area contributed by atoms with Gasteiger partial charge in [0.15, 0.2) is 6.61 Å². The van der Waals surface area contributed by atoms with E-state index in [-0.39, 0.29) is 19.1 Å². The van der Waals surface area contributed by atoms with Crippen LogP contribution in [-0.4, -0.2) is 22.7 Å². The van der Waals surface area contributed by atoms with E-state index in [2.05, 4.69) is 29.3 Å². The van der Waals surface area contributed by atoms with Gasteiger partial charge in [-0.05, 0) is 41.8 Å². The third-order valence-corrected chi connectivity index (χ3v) is 4.16. The highest BCUT2D eigenvalue weighted by Gasteiger charge is 2.12. The van der Waals surface area contributed by atoms with Gasteiger partial charge in [0, 0.05) is 10.6 Å². The molecule has 0 aliphatic heterocycles. The van der Waals surface area contributed by atoms with Crippen molar-refractivity contribution < 1.29 is 14.1 Å². The third kappa shape index (κ3) is 5.08. The van der Waals surface area contributed by atoms with Crippen LogP contribution >= 0.6 is 11.6 Å². The second-order valence-corrected chi connectivity index (χ2v) is 6.71. The van der Waals surface area contributed by atoms with Crippen molar-refractivity contribution in [1.82, 2.24) is 15.5 Å². The van der Waals surface area contributed by atoms with E-state index in [0.717, 1.165) is 11.1 Å². The quantitative estimate of drug-likeness (QED) is 0.659. The summed E-state index contributed by atoms with van der Waals surface area (Å²) >= 11 is 5.87. The molecule has 1 aromatic heterocycles. The van der Waals surface area contributed by atoms with Crippen LogP contribution in [0.15, 0.2) is 53.1 Å². The SMILES string of the molecule is CC(C)c1ccccc1OCC(=O)NCc1nc(-c2ccc(Cl)cc2)no1. The molecule has 1 heterocycles. The second kappa shape index (κ2) is 8.68. The Balaban J connectivity index is 1.52. The third-order valence-electron chi connectivity index (χ3n) is 3.91. The van der Waals surface area contributed by atoms with Crippen LogP contribution in [0.2, 0.25) is 5.02 Å². The molecule has 0 radical (unpaired) electrons. The molecule has 0 saturated heterocycles. The maximum Gasteiger partial charge on any atom is 0.258 e. The first kappa shape index (κ1) is 18.9. The van der Waals surface area contributed by atoms with Crippen LogP contribution in [-0.2, 0) is 11.3 Å². The Morgan fingerprint density at radius 2 is 1.93 bits per heavy atom. The molecule has 0 atom stereocenters. The van der Waals surface area contributed by atoms with Gasteiger partial charge < -0.3 is 14.6 Å². The lowest BCUT2D eigenvalue weighted by atomic mass is 10.0. The Hall–Kier alpha value is -2.86. The molecule has 7 heteroatoms. The molecule has 3 rings (SSSR count). The van der Waals surface area contributed by atoms with E-state index in [4.69, 9.17) is 20.9 Å². The van der Waals surface area contributed by atoms with Crippen molar-refractivity contribution >= 4 is 17.5 Å². The van der Waals surface area contributed by atoms with Gasteiger partial charge in [-0.15, -0.1) is 0 Å². The summed E-state index contributed by atoms with van der Waals surface area (Å²) in [5.41, 5.74) is 1.85. The molecule has 0 saturated carbocycles. The maximum atomic E-state index is 12.0. The summed E-state index contributed by atoms with van der Waals surface area (Å²) in [5.74, 6) is 1.52. The van der Waals surface area contributed by atoms with E-state index in [1.54, 1.807) is 24.3 Å². The molecule has 140 valence electrons. The number of para-hydroxylation sites is 1. The van der Waals surface area contributed by atoms with Crippen LogP contribution < -0.4 is 10.1 Å². The number of aromatic nitrogens is 2. The molecule has 0 aliphatic carbocycles. The standard InChI is InChI=1S/C20H20ClN3O3/c1-13(2)16-5-3-4-6-17(16)26-12-18(25)22-11-19-23-20(24-27-19)14-7-9-15(21)10-8-14/h3-10,13H,11-12H2,1-2H3,(H,22,25). The van der Waals surface area contributed by atoms with Crippen molar-refractivity contribution in [3.8, 4) is 17.1 Å². The molecule has 0 fully saturated rings. The fourth-order valence-electron chi connectivity index (χ4n) is 2.50. The first-order valence-electron chi connectivity index (χ1n) is 8.60. The number of carbonyl (C=O) groups excluding carboxylic acids is 1. The minimum Gasteiger partial charge on any atom is -0.483 e. The molecule has 1 amide bonds. The van der Waals surface area contributed by atoms with Gasteiger partial charge in [-0.1, -0.05) is 48.8 Å². The van der Waals surface area contributed by atoms with E-state index >= 15 is 0 Å². The average molecular weight is 386 g/mol. The van der Waals surface area contributed by atoms with Crippen LogP contribution in [0.4, 0.5) is 0 Å². The van der Waals surface area contributed by atoms with E-state index in [1.165, 1.54) is 0 Å². The number of hydrogen-bond acceptors (Lipinski definition) is 5. The van der Waals surface area contributed by atoms with Gasteiger partial charge >= 0.3 is 0 Å². The number of nitrogens with zero attached hydrogens (tertiary/aromatic N) is 2. The monoisotopic (exact) mass is 385 g/mol. The predicted octanol–water partition coefficient (Wildman–Crippen LogP) is 4.21. The van der Waals surface area contributed by atoms with Gasteiger partial charge in [0.2, 0.25) is 11.7 Å². The lowest BCUT2D eigenvalue weighted by Gasteiger charge is -2.13. The summed E-state index contributed by atoms with van der Waals surface area (Å²) in [6, 6.07) is 14.8. The number of ether oxygens (including phenoxy) is 1. The van der Waals surface area contributed by atoms with Crippen molar-refractivity contribution in [3.05, 3.63) is 65.0 Å². The molecule has 0 unspecified atom stereocenters. The lowest BCUT2D eigenvalue weighted by molar-refractivity contribution is -0.123. The van der Waals surface area contributed by atoms with Gasteiger partial charge in [-0.3, -0.25) is 4.79 Å². The van der Waals surface area contributed by atoms with Crippen LogP contribution in [0.5, 0.6) is 5.75 Å². The molecule has 0 bridgehead atoms. The summed E-state index contributed by atoms with van der Waals surface area (Å²) in [4.78, 5) is 16.3. The Bertz CT molecular complexity index is 907. The van der Waals surface area contributed by atoms with Gasteiger partial charge in [-0.25, -0.2) is 0 Å². The Morgan fingerprint density at radius 3 is 2.67 bits per heavy atom. The van der Waals surface area contributed by atoms with Gasteiger partial charge in [0.25, 0.3) is 5.91 Å². The van der Waals surface area contributed by atoms with Crippen molar-refractivity contribution in [2.45, 2.75) is 26.3 Å². The molecule has 27 heavy (non-hydrogen) atoms. The number of carbonyl (C=O) groups is 1. The van der Waals surface area contributed by atoms with E-state index < -0.39 is 0 Å². The molecule has 3 aromatic rings. The number of halogens is 1. The fourth-order valence-corrected chi connectivity index (χ4v) is 2.63. The summed E-state index contributed by atoms with van der Waals surface area (Å²) in [5, 5.41) is 7.25. The lowest BCUT2D eigenvalue weighted by Crippen LogP contribution is -2.28. The largest absolute Gasteiger partial charge is 0.483 e. The minimum absolute atomic E-state index is 0.0814. The number of amides is 1. The molecular formula is C20H20ClN3O3. The Labute approximate surface area is 162 Å². The van der Waals surface area contributed by atoms with Crippen molar-refractivity contribution in [2.75, 3.05) is 6.61 Å². The van der Waals surface area contributed by atoms with E-state index in [1.807, 2.05) is 24.3 Å². The first-order chi connectivity index (χ1) is 13.0. The molecular weight excluding hydrogens is 366 g/mol. The predicted molar refractivity (Wildman–Crippen MR) is 103 cm³/mol. The number of rotatable bonds is 7. The Kier molecular flexibility index (Phi) is 6.08.